The van der Waals surface area contributed by atoms with Gasteiger partial charge in [0.05, 0.1) is 12.2 Å². The highest BCUT2D eigenvalue weighted by Crippen LogP contribution is 2.29. The number of anilines is 1. The van der Waals surface area contributed by atoms with Crippen LogP contribution in [0.4, 0.5) is 5.82 Å². The van der Waals surface area contributed by atoms with E-state index in [2.05, 4.69) is 44.6 Å². The molecule has 7 heteroatoms. The van der Waals surface area contributed by atoms with Crippen molar-refractivity contribution in [2.45, 2.75) is 51.9 Å². The fourth-order valence-corrected chi connectivity index (χ4v) is 4.04. The zero-order chi connectivity index (χ0) is 24.1. The predicted octanol–water partition coefficient (Wildman–Crippen LogP) is 3.89. The third kappa shape index (κ3) is 6.16. The number of piperidine rings is 1. The van der Waals surface area contributed by atoms with Crippen LogP contribution in [0.25, 0.3) is 11.1 Å². The summed E-state index contributed by atoms with van der Waals surface area (Å²) in [5, 5.41) is 14.4. The minimum absolute atomic E-state index is 0.336. The molecule has 0 unspecified atom stereocenters. The summed E-state index contributed by atoms with van der Waals surface area (Å²) in [6.45, 7) is 9.20. The monoisotopic (exact) mass is 459 g/mol. The summed E-state index contributed by atoms with van der Waals surface area (Å²) in [5.74, 6) is 6.71. The maximum atomic E-state index is 9.82. The highest BCUT2D eigenvalue weighted by Gasteiger charge is 2.20. The number of pyridine rings is 1. The summed E-state index contributed by atoms with van der Waals surface area (Å²) in [6.07, 6.45) is 7.96. The van der Waals surface area contributed by atoms with Gasteiger partial charge in [-0.05, 0) is 57.0 Å². The lowest BCUT2D eigenvalue weighted by Crippen LogP contribution is -2.34. The molecule has 1 fully saturated rings. The van der Waals surface area contributed by atoms with Gasteiger partial charge in [0, 0.05) is 42.2 Å². The van der Waals surface area contributed by atoms with Gasteiger partial charge in [-0.15, -0.1) is 0 Å². The van der Waals surface area contributed by atoms with Crippen LogP contribution < -0.4 is 10.5 Å². The van der Waals surface area contributed by atoms with Gasteiger partial charge >= 0.3 is 0 Å². The Balaban J connectivity index is 1.44. The van der Waals surface area contributed by atoms with Crippen molar-refractivity contribution in [2.24, 2.45) is 0 Å². The fraction of sp³-hybridized carbons (Fsp3) is 0.407. The highest BCUT2D eigenvalue weighted by atomic mass is 16.5. The number of hydrogen-bond donors (Lipinski definition) is 2. The number of nitrogens with zero attached hydrogens (tertiary/aromatic N) is 4. The van der Waals surface area contributed by atoms with E-state index in [9.17, 15) is 5.11 Å². The molecule has 0 radical (unpaired) electrons. The first-order chi connectivity index (χ1) is 16.3. The molecule has 178 valence electrons. The minimum Gasteiger partial charge on any atom is -0.485 e. The van der Waals surface area contributed by atoms with E-state index in [1.807, 2.05) is 36.5 Å². The summed E-state index contributed by atoms with van der Waals surface area (Å²) in [6, 6.07) is 10.1. The maximum absolute atomic E-state index is 9.82. The summed E-state index contributed by atoms with van der Waals surface area (Å²) in [4.78, 5) is 6.82. The molecule has 0 saturated carbocycles. The van der Waals surface area contributed by atoms with E-state index in [0.29, 0.717) is 24.2 Å². The van der Waals surface area contributed by atoms with Crippen LogP contribution in [0.15, 0.2) is 48.9 Å². The minimum atomic E-state index is -1.03. The Bertz CT molecular complexity index is 1180. The lowest BCUT2D eigenvalue weighted by Gasteiger charge is -2.31. The Morgan fingerprint density at radius 1 is 1.18 bits per heavy atom. The average Bonchev–Trinajstić information content (AvgIpc) is 3.32. The molecule has 3 heterocycles. The van der Waals surface area contributed by atoms with Gasteiger partial charge in [-0.1, -0.05) is 30.9 Å². The van der Waals surface area contributed by atoms with Gasteiger partial charge in [0.15, 0.2) is 11.6 Å². The molecule has 0 atom stereocenters. The van der Waals surface area contributed by atoms with Crippen molar-refractivity contribution in [1.29, 1.82) is 0 Å². The number of nitrogen functional groups attached to an aromatic ring is 1. The number of benzene rings is 1. The third-order valence-corrected chi connectivity index (χ3v) is 6.03. The number of likely N-dealkylation sites (tertiary alicyclic amines) is 1. The Morgan fingerprint density at radius 2 is 1.97 bits per heavy atom. The molecule has 7 nitrogen and oxygen atoms in total. The van der Waals surface area contributed by atoms with Gasteiger partial charge in [0.25, 0.3) is 0 Å². The smallest absolute Gasteiger partial charge is 0.166 e. The molecule has 0 spiro atoms. The largest absolute Gasteiger partial charge is 0.485 e. The summed E-state index contributed by atoms with van der Waals surface area (Å²) >= 11 is 0. The van der Waals surface area contributed by atoms with Gasteiger partial charge in [-0.2, -0.15) is 5.10 Å². The van der Waals surface area contributed by atoms with E-state index >= 15 is 0 Å². The molecular formula is C27H33N5O2. The Hall–Kier alpha value is -3.34. The molecular weight excluding hydrogens is 426 g/mol. The van der Waals surface area contributed by atoms with Gasteiger partial charge < -0.3 is 20.5 Å². The van der Waals surface area contributed by atoms with Crippen LogP contribution in [0.5, 0.6) is 5.75 Å². The van der Waals surface area contributed by atoms with Crippen LogP contribution in [0.1, 0.15) is 50.8 Å². The molecule has 34 heavy (non-hydrogen) atoms. The Morgan fingerprint density at radius 3 is 2.71 bits per heavy atom. The number of aliphatic hydroxyl groups is 1. The molecule has 1 aromatic carbocycles. The topological polar surface area (TPSA) is 89.4 Å². The van der Waals surface area contributed by atoms with Crippen molar-refractivity contribution in [3.05, 3.63) is 60.0 Å². The van der Waals surface area contributed by atoms with Crippen LogP contribution in [0.2, 0.25) is 0 Å². The SMILES string of the molecule is CCN1CCC(n2cc(-c3cnc(N)c(OCc4cccc(C#CC(C)(C)O)c4)c3)cn2)CC1. The molecule has 0 bridgehead atoms. The number of ether oxygens (including phenoxy) is 1. The summed E-state index contributed by atoms with van der Waals surface area (Å²) in [5.41, 5.74) is 8.76. The molecule has 3 N–H and O–H groups in total. The van der Waals surface area contributed by atoms with Crippen molar-refractivity contribution in [1.82, 2.24) is 19.7 Å². The first-order valence-corrected chi connectivity index (χ1v) is 11.8. The van der Waals surface area contributed by atoms with Crippen LogP contribution in [-0.2, 0) is 6.61 Å². The zero-order valence-electron chi connectivity index (χ0n) is 20.2. The molecule has 1 aliphatic heterocycles. The second kappa shape index (κ2) is 10.3. The number of aromatic nitrogens is 3. The number of nitrogens with two attached hydrogens (primary N) is 1. The maximum Gasteiger partial charge on any atom is 0.166 e. The first-order valence-electron chi connectivity index (χ1n) is 11.8. The molecule has 2 aromatic heterocycles. The van der Waals surface area contributed by atoms with Crippen molar-refractivity contribution in [2.75, 3.05) is 25.4 Å². The first kappa shape index (κ1) is 23.8. The van der Waals surface area contributed by atoms with Gasteiger partial charge in [0.2, 0.25) is 0 Å². The van der Waals surface area contributed by atoms with Gasteiger partial charge in [0.1, 0.15) is 12.2 Å². The molecule has 1 saturated heterocycles. The molecule has 4 rings (SSSR count). The standard InChI is InChI=1S/C27H33N5O2/c1-4-31-12-9-24(10-13-31)32-18-23(17-30-32)22-15-25(26(28)29-16-22)34-19-21-7-5-6-20(14-21)8-11-27(2,3)33/h5-7,14-18,24,33H,4,9-10,12-13,19H2,1-3H3,(H2,28,29). The quantitative estimate of drug-likeness (QED) is 0.544. The Kier molecular flexibility index (Phi) is 7.20. The van der Waals surface area contributed by atoms with Crippen LogP contribution in [0.3, 0.4) is 0 Å². The lowest BCUT2D eigenvalue weighted by atomic mass is 10.1. The van der Waals surface area contributed by atoms with E-state index < -0.39 is 5.60 Å². The molecule has 1 aliphatic rings. The van der Waals surface area contributed by atoms with Crippen molar-refractivity contribution < 1.29 is 9.84 Å². The van der Waals surface area contributed by atoms with E-state index in [0.717, 1.165) is 54.7 Å². The second-order valence-corrected chi connectivity index (χ2v) is 9.28. The lowest BCUT2D eigenvalue weighted by molar-refractivity contribution is 0.143. The van der Waals surface area contributed by atoms with Crippen LogP contribution >= 0.6 is 0 Å². The average molecular weight is 460 g/mol. The van der Waals surface area contributed by atoms with Crippen LogP contribution in [-0.4, -0.2) is 50.0 Å². The number of rotatable bonds is 6. The van der Waals surface area contributed by atoms with Gasteiger partial charge in [-0.25, -0.2) is 4.98 Å². The summed E-state index contributed by atoms with van der Waals surface area (Å²) < 4.78 is 8.10. The zero-order valence-corrected chi connectivity index (χ0v) is 20.2. The normalized spacial score (nSPS) is 15.1. The number of hydrogen-bond acceptors (Lipinski definition) is 6. The third-order valence-electron chi connectivity index (χ3n) is 6.03. The second-order valence-electron chi connectivity index (χ2n) is 9.28. The summed E-state index contributed by atoms with van der Waals surface area (Å²) in [7, 11) is 0. The molecule has 3 aromatic rings. The van der Waals surface area contributed by atoms with Crippen molar-refractivity contribution in [3.63, 3.8) is 0 Å². The van der Waals surface area contributed by atoms with E-state index in [1.54, 1.807) is 20.0 Å². The van der Waals surface area contributed by atoms with E-state index in [1.165, 1.54) is 0 Å². The highest BCUT2D eigenvalue weighted by molar-refractivity contribution is 5.65. The van der Waals surface area contributed by atoms with E-state index in [-0.39, 0.29) is 0 Å². The molecule has 0 amide bonds. The van der Waals surface area contributed by atoms with Crippen molar-refractivity contribution >= 4 is 5.82 Å². The molecule has 0 aliphatic carbocycles. The van der Waals surface area contributed by atoms with Crippen molar-refractivity contribution in [3.8, 4) is 28.7 Å². The van der Waals surface area contributed by atoms with Crippen LogP contribution in [0, 0.1) is 11.8 Å². The fourth-order valence-electron chi connectivity index (χ4n) is 4.04. The van der Waals surface area contributed by atoms with Gasteiger partial charge in [-0.3, -0.25) is 4.68 Å². The Labute approximate surface area is 201 Å². The predicted molar refractivity (Wildman–Crippen MR) is 134 cm³/mol. The van der Waals surface area contributed by atoms with E-state index in [4.69, 9.17) is 10.5 Å².